The molecule has 0 spiro atoms. The van der Waals surface area contributed by atoms with Crippen molar-refractivity contribution in [3.8, 4) is 0 Å². The molecule has 4 heteroatoms. The lowest BCUT2D eigenvalue weighted by Crippen LogP contribution is -2.07. The van der Waals surface area contributed by atoms with E-state index in [1.807, 2.05) is 25.1 Å². The second kappa shape index (κ2) is 6.02. The highest BCUT2D eigenvalue weighted by molar-refractivity contribution is 14.1. The number of rotatable bonds is 3. The topological polar surface area (TPSA) is 12.0 Å². The normalized spacial score (nSPS) is 12.2. The number of hydrogen-bond donors (Lipinski definition) is 1. The maximum atomic E-state index is 13.7. The Morgan fingerprint density at radius 1 is 1.17 bits per heavy atom. The van der Waals surface area contributed by atoms with Gasteiger partial charge in [-0.25, -0.2) is 4.39 Å². The molecule has 0 saturated heterocycles. The van der Waals surface area contributed by atoms with Gasteiger partial charge in [0.25, 0.3) is 0 Å². The molecular weight excluding hydrogens is 408 g/mol. The molecule has 1 nitrogen and oxygen atoms in total. The zero-order chi connectivity index (χ0) is 13.1. The van der Waals surface area contributed by atoms with E-state index in [2.05, 4.69) is 56.0 Å². The Bertz CT molecular complexity index is 542. The van der Waals surface area contributed by atoms with E-state index in [1.165, 1.54) is 9.64 Å². The predicted molar refractivity (Wildman–Crippen MR) is 85.3 cm³/mol. The van der Waals surface area contributed by atoms with Crippen LogP contribution < -0.4 is 5.32 Å². The molecule has 2 aromatic carbocycles. The van der Waals surface area contributed by atoms with Gasteiger partial charge >= 0.3 is 0 Å². The number of anilines is 1. The lowest BCUT2D eigenvalue weighted by molar-refractivity contribution is 0.626. The molecule has 0 fully saturated rings. The Hall–Kier alpha value is -0.620. The van der Waals surface area contributed by atoms with E-state index >= 15 is 0 Å². The molecule has 0 heterocycles. The Morgan fingerprint density at radius 3 is 2.44 bits per heavy atom. The zero-order valence-corrected chi connectivity index (χ0v) is 13.5. The van der Waals surface area contributed by atoms with Gasteiger partial charge in [-0.2, -0.15) is 0 Å². The van der Waals surface area contributed by atoms with Crippen molar-refractivity contribution in [1.82, 2.24) is 0 Å². The number of nitrogens with one attached hydrogen (secondary N) is 1. The molecule has 0 aromatic heterocycles. The van der Waals surface area contributed by atoms with E-state index in [9.17, 15) is 4.39 Å². The third-order valence-corrected chi connectivity index (χ3v) is 3.89. The lowest BCUT2D eigenvalue weighted by Gasteiger charge is -2.16. The van der Waals surface area contributed by atoms with Crippen LogP contribution >= 0.6 is 38.5 Å². The first-order valence-electron chi connectivity index (χ1n) is 5.53. The molecule has 94 valence electrons. The van der Waals surface area contributed by atoms with E-state index in [-0.39, 0.29) is 11.9 Å². The molecule has 1 atom stereocenters. The molecule has 0 bridgehead atoms. The minimum atomic E-state index is -0.248. The van der Waals surface area contributed by atoms with Crippen LogP contribution in [-0.4, -0.2) is 0 Å². The average molecular weight is 420 g/mol. The summed E-state index contributed by atoms with van der Waals surface area (Å²) in [6.45, 7) is 2.02. The van der Waals surface area contributed by atoms with E-state index in [1.54, 1.807) is 6.07 Å². The summed E-state index contributed by atoms with van der Waals surface area (Å²) in [4.78, 5) is 0. The summed E-state index contributed by atoms with van der Waals surface area (Å²) >= 11 is 5.51. The van der Waals surface area contributed by atoms with Crippen LogP contribution in [0.5, 0.6) is 0 Å². The van der Waals surface area contributed by atoms with Crippen molar-refractivity contribution < 1.29 is 4.39 Å². The van der Waals surface area contributed by atoms with Gasteiger partial charge in [0.2, 0.25) is 0 Å². The quantitative estimate of drug-likeness (QED) is 0.660. The van der Waals surface area contributed by atoms with Gasteiger partial charge in [0.05, 0.1) is 5.69 Å². The van der Waals surface area contributed by atoms with Crippen LogP contribution in [0.4, 0.5) is 10.1 Å². The maximum absolute atomic E-state index is 13.7. The number of benzene rings is 2. The van der Waals surface area contributed by atoms with Crippen molar-refractivity contribution in [3.63, 3.8) is 0 Å². The van der Waals surface area contributed by atoms with Crippen molar-refractivity contribution in [2.45, 2.75) is 13.0 Å². The van der Waals surface area contributed by atoms with Crippen molar-refractivity contribution >= 4 is 44.2 Å². The highest BCUT2D eigenvalue weighted by Crippen LogP contribution is 2.24. The molecule has 0 aliphatic rings. The standard InChI is InChI=1S/C14H12BrFIN/c1-9(10-2-5-12(17)6-3-10)18-14-7-4-11(15)8-13(14)16/h2-9,18H,1H3. The van der Waals surface area contributed by atoms with Crippen LogP contribution in [0, 0.1) is 9.39 Å². The fourth-order valence-corrected chi connectivity index (χ4v) is 2.37. The van der Waals surface area contributed by atoms with Gasteiger partial charge in [0, 0.05) is 14.1 Å². The highest BCUT2D eigenvalue weighted by Gasteiger charge is 2.08. The fourth-order valence-electron chi connectivity index (χ4n) is 1.67. The van der Waals surface area contributed by atoms with Crippen molar-refractivity contribution in [1.29, 1.82) is 0 Å². The smallest absolute Gasteiger partial charge is 0.147 e. The first-order valence-corrected chi connectivity index (χ1v) is 7.40. The van der Waals surface area contributed by atoms with E-state index in [0.717, 1.165) is 10.0 Å². The summed E-state index contributed by atoms with van der Waals surface area (Å²) in [5.41, 5.74) is 1.65. The summed E-state index contributed by atoms with van der Waals surface area (Å²) in [6, 6.07) is 13.3. The second-order valence-corrected chi connectivity index (χ2v) is 6.20. The molecule has 2 aromatic rings. The van der Waals surface area contributed by atoms with Gasteiger partial charge < -0.3 is 5.32 Å². The summed E-state index contributed by atoms with van der Waals surface area (Å²) in [6.07, 6.45) is 0. The van der Waals surface area contributed by atoms with Crippen molar-refractivity contribution in [3.05, 3.63) is 61.9 Å². The van der Waals surface area contributed by atoms with E-state index < -0.39 is 0 Å². The van der Waals surface area contributed by atoms with Gasteiger partial charge in [-0.15, -0.1) is 0 Å². The van der Waals surface area contributed by atoms with Gasteiger partial charge in [0.15, 0.2) is 0 Å². The fraction of sp³-hybridized carbons (Fsp3) is 0.143. The Labute approximate surface area is 128 Å². The largest absolute Gasteiger partial charge is 0.376 e. The van der Waals surface area contributed by atoms with Crippen LogP contribution in [0.2, 0.25) is 0 Å². The second-order valence-electron chi connectivity index (χ2n) is 4.04. The third kappa shape index (κ3) is 3.45. The molecular formula is C14H12BrFIN. The van der Waals surface area contributed by atoms with Crippen molar-refractivity contribution in [2.24, 2.45) is 0 Å². The predicted octanol–water partition coefficient (Wildman–Crippen LogP) is 5.37. The monoisotopic (exact) mass is 419 g/mol. The van der Waals surface area contributed by atoms with Crippen LogP contribution in [-0.2, 0) is 0 Å². The van der Waals surface area contributed by atoms with Gasteiger partial charge in [-0.3, -0.25) is 0 Å². The first kappa shape index (κ1) is 13.8. The highest BCUT2D eigenvalue weighted by atomic mass is 127. The number of hydrogen-bond acceptors (Lipinski definition) is 1. The molecule has 0 aliphatic heterocycles. The van der Waals surface area contributed by atoms with Crippen LogP contribution in [0.25, 0.3) is 0 Å². The summed E-state index contributed by atoms with van der Waals surface area (Å²) in [7, 11) is 0. The van der Waals surface area contributed by atoms with Gasteiger partial charge in [-0.1, -0.05) is 28.1 Å². The van der Waals surface area contributed by atoms with Gasteiger partial charge in [0.1, 0.15) is 5.82 Å². The minimum absolute atomic E-state index is 0.0673. The molecule has 2 rings (SSSR count). The zero-order valence-electron chi connectivity index (χ0n) is 9.75. The molecule has 0 radical (unpaired) electrons. The Balaban J connectivity index is 2.15. The molecule has 1 unspecified atom stereocenters. The maximum Gasteiger partial charge on any atom is 0.147 e. The van der Waals surface area contributed by atoms with Gasteiger partial charge in [-0.05, 0) is 65.4 Å². The summed E-state index contributed by atoms with van der Waals surface area (Å²) in [5, 5.41) is 3.17. The summed E-state index contributed by atoms with van der Waals surface area (Å²) < 4.78 is 15.6. The van der Waals surface area contributed by atoms with E-state index in [0.29, 0.717) is 5.69 Å². The number of halogens is 3. The average Bonchev–Trinajstić information content (AvgIpc) is 2.33. The Morgan fingerprint density at radius 2 is 1.83 bits per heavy atom. The summed E-state index contributed by atoms with van der Waals surface area (Å²) in [5.74, 6) is -0.248. The lowest BCUT2D eigenvalue weighted by atomic mass is 10.1. The molecule has 18 heavy (non-hydrogen) atoms. The Kier molecular flexibility index (Phi) is 4.61. The SMILES string of the molecule is CC(Nc1ccc(Br)cc1F)c1ccc(I)cc1. The van der Waals surface area contributed by atoms with E-state index in [4.69, 9.17) is 0 Å². The third-order valence-electron chi connectivity index (χ3n) is 2.67. The van der Waals surface area contributed by atoms with Crippen LogP contribution in [0.15, 0.2) is 46.9 Å². The molecule has 0 amide bonds. The van der Waals surface area contributed by atoms with Crippen molar-refractivity contribution in [2.75, 3.05) is 5.32 Å². The minimum Gasteiger partial charge on any atom is -0.376 e. The van der Waals surface area contributed by atoms with Crippen LogP contribution in [0.3, 0.4) is 0 Å². The van der Waals surface area contributed by atoms with Crippen LogP contribution in [0.1, 0.15) is 18.5 Å². The first-order chi connectivity index (χ1) is 8.56. The molecule has 0 saturated carbocycles. The molecule has 1 N–H and O–H groups in total. The molecule has 0 aliphatic carbocycles.